The van der Waals surface area contributed by atoms with E-state index in [1.54, 1.807) is 60.4 Å². The van der Waals surface area contributed by atoms with E-state index in [2.05, 4.69) is 10.6 Å². The van der Waals surface area contributed by atoms with Gasteiger partial charge in [0.05, 0.1) is 44.0 Å². The van der Waals surface area contributed by atoms with Crippen LogP contribution in [0.4, 0.5) is 11.4 Å². The van der Waals surface area contributed by atoms with Gasteiger partial charge in [0.25, 0.3) is 11.8 Å². The van der Waals surface area contributed by atoms with Crippen molar-refractivity contribution in [2.45, 2.75) is 13.8 Å². The van der Waals surface area contributed by atoms with E-state index in [0.29, 0.717) is 43.2 Å². The fourth-order valence-electron chi connectivity index (χ4n) is 3.53. The lowest BCUT2D eigenvalue weighted by Crippen LogP contribution is -3.15. The third kappa shape index (κ3) is 6.29. The number of nitrogens with one attached hydrogen (secondary N) is 3. The molecule has 164 valence electrons. The number of anilines is 2. The number of carbonyl (C=O) groups excluding carboxylic acids is 3. The number of hydrogen-bond donors (Lipinski definition) is 3. The fraction of sp³-hybridized carbons (Fsp3) is 0.348. The maximum atomic E-state index is 12.8. The summed E-state index contributed by atoms with van der Waals surface area (Å²) in [4.78, 5) is 39.7. The van der Waals surface area contributed by atoms with Crippen LogP contribution in [0.1, 0.15) is 24.2 Å². The van der Waals surface area contributed by atoms with Crippen molar-refractivity contribution in [1.29, 1.82) is 0 Å². The molecule has 0 aliphatic carbocycles. The molecule has 0 spiro atoms. The van der Waals surface area contributed by atoms with E-state index >= 15 is 0 Å². The zero-order chi connectivity index (χ0) is 22.2. The molecule has 1 heterocycles. The molecule has 0 saturated carbocycles. The van der Waals surface area contributed by atoms with Crippen molar-refractivity contribution < 1.29 is 24.0 Å². The molecule has 2 aromatic rings. The summed E-state index contributed by atoms with van der Waals surface area (Å²) in [5.41, 5.74) is 1.50. The molecule has 1 fully saturated rings. The number of hydrogen-bond acceptors (Lipinski definition) is 4. The van der Waals surface area contributed by atoms with Crippen molar-refractivity contribution in [3.05, 3.63) is 54.1 Å². The molecule has 1 aliphatic rings. The molecule has 0 unspecified atom stereocenters. The number of amides is 3. The summed E-state index contributed by atoms with van der Waals surface area (Å²) < 4.78 is 5.41. The molecule has 0 bridgehead atoms. The normalized spacial score (nSPS) is 14.1. The Bertz CT molecular complexity index is 921. The van der Waals surface area contributed by atoms with Crippen LogP contribution in [0.5, 0.6) is 5.75 Å². The van der Waals surface area contributed by atoms with Crippen LogP contribution in [0, 0.1) is 0 Å². The molecule has 8 nitrogen and oxygen atoms in total. The van der Waals surface area contributed by atoms with Crippen molar-refractivity contribution in [2.24, 2.45) is 0 Å². The van der Waals surface area contributed by atoms with Crippen molar-refractivity contribution >= 4 is 29.1 Å². The lowest BCUT2D eigenvalue weighted by Gasteiger charge is -2.31. The van der Waals surface area contributed by atoms with Crippen molar-refractivity contribution in [1.82, 2.24) is 4.90 Å². The second-order valence-electron chi connectivity index (χ2n) is 7.44. The zero-order valence-corrected chi connectivity index (χ0v) is 17.9. The fourth-order valence-corrected chi connectivity index (χ4v) is 3.53. The Morgan fingerprint density at radius 1 is 1.00 bits per heavy atom. The summed E-state index contributed by atoms with van der Waals surface area (Å²) in [5.74, 6) is 0.339. The zero-order valence-electron chi connectivity index (χ0n) is 17.9. The Kier molecular flexibility index (Phi) is 7.61. The Balaban J connectivity index is 1.58. The van der Waals surface area contributed by atoms with E-state index in [0.717, 1.165) is 23.7 Å². The topological polar surface area (TPSA) is 92.2 Å². The van der Waals surface area contributed by atoms with E-state index < -0.39 is 0 Å². The van der Waals surface area contributed by atoms with Crippen molar-refractivity contribution in [3.63, 3.8) is 0 Å². The molecular weight excluding hydrogens is 396 g/mol. The van der Waals surface area contributed by atoms with Crippen molar-refractivity contribution in [2.75, 3.05) is 50.0 Å². The molecule has 3 N–H and O–H groups in total. The van der Waals surface area contributed by atoms with E-state index in [1.165, 1.54) is 0 Å². The molecule has 8 heteroatoms. The predicted molar refractivity (Wildman–Crippen MR) is 118 cm³/mol. The van der Waals surface area contributed by atoms with Gasteiger partial charge in [-0.25, -0.2) is 0 Å². The highest BCUT2D eigenvalue weighted by Crippen LogP contribution is 2.19. The Morgan fingerprint density at radius 3 is 2.32 bits per heavy atom. The molecule has 0 aromatic heterocycles. The SMILES string of the molecule is CCOc1ccc(NC(=O)c2ccccc2NC(=O)C[NH+]2CCN(C(C)=O)CC2)cc1. The number of para-hydroxylation sites is 1. The molecule has 1 aliphatic heterocycles. The van der Waals surface area contributed by atoms with Crippen LogP contribution in [0.2, 0.25) is 0 Å². The molecule has 0 atom stereocenters. The van der Waals surface area contributed by atoms with Crippen LogP contribution in [-0.2, 0) is 9.59 Å². The molecule has 0 radical (unpaired) electrons. The number of rotatable bonds is 7. The minimum atomic E-state index is -0.303. The van der Waals surface area contributed by atoms with Gasteiger partial charge >= 0.3 is 0 Å². The van der Waals surface area contributed by atoms with Crippen LogP contribution in [0.25, 0.3) is 0 Å². The number of quaternary nitrogens is 1. The van der Waals surface area contributed by atoms with Gasteiger partial charge in [-0.2, -0.15) is 0 Å². The second-order valence-corrected chi connectivity index (χ2v) is 7.44. The van der Waals surface area contributed by atoms with E-state index in [1.807, 2.05) is 6.92 Å². The minimum absolute atomic E-state index is 0.0657. The summed E-state index contributed by atoms with van der Waals surface area (Å²) in [6, 6.07) is 14.1. The van der Waals surface area contributed by atoms with Gasteiger partial charge in [0.15, 0.2) is 6.54 Å². The van der Waals surface area contributed by atoms with Gasteiger partial charge in [0.1, 0.15) is 5.75 Å². The lowest BCUT2D eigenvalue weighted by atomic mass is 10.1. The highest BCUT2D eigenvalue weighted by molar-refractivity contribution is 6.10. The van der Waals surface area contributed by atoms with Crippen LogP contribution in [-0.4, -0.2) is 62.0 Å². The third-order valence-corrected chi connectivity index (χ3v) is 5.20. The van der Waals surface area contributed by atoms with E-state index in [4.69, 9.17) is 4.74 Å². The predicted octanol–water partition coefficient (Wildman–Crippen LogP) is 1.02. The molecule has 2 aromatic carbocycles. The first-order chi connectivity index (χ1) is 15.0. The van der Waals surface area contributed by atoms with Gasteiger partial charge in [0.2, 0.25) is 5.91 Å². The van der Waals surface area contributed by atoms with Crippen molar-refractivity contribution in [3.8, 4) is 5.75 Å². The summed E-state index contributed by atoms with van der Waals surface area (Å²) in [5, 5.41) is 5.71. The first-order valence-electron chi connectivity index (χ1n) is 10.5. The van der Waals surface area contributed by atoms with Gasteiger partial charge in [0, 0.05) is 12.6 Å². The first-order valence-corrected chi connectivity index (χ1v) is 10.5. The smallest absolute Gasteiger partial charge is 0.279 e. The maximum absolute atomic E-state index is 12.8. The number of nitrogens with zero attached hydrogens (tertiary/aromatic N) is 1. The minimum Gasteiger partial charge on any atom is -0.494 e. The van der Waals surface area contributed by atoms with Gasteiger partial charge in [-0.05, 0) is 43.3 Å². The highest BCUT2D eigenvalue weighted by atomic mass is 16.5. The molecule has 3 rings (SSSR count). The first kappa shape index (κ1) is 22.3. The molecule has 3 amide bonds. The van der Waals surface area contributed by atoms with E-state index in [-0.39, 0.29) is 17.7 Å². The quantitative estimate of drug-likeness (QED) is 0.618. The monoisotopic (exact) mass is 425 g/mol. The number of piperazine rings is 1. The Morgan fingerprint density at radius 2 is 1.68 bits per heavy atom. The number of benzene rings is 2. The Hall–Kier alpha value is -3.39. The Labute approximate surface area is 182 Å². The second kappa shape index (κ2) is 10.6. The third-order valence-electron chi connectivity index (χ3n) is 5.20. The van der Waals surface area contributed by atoms with E-state index in [9.17, 15) is 14.4 Å². The van der Waals surface area contributed by atoms with Gasteiger partial charge < -0.3 is 25.2 Å². The average molecular weight is 426 g/mol. The largest absolute Gasteiger partial charge is 0.494 e. The van der Waals surface area contributed by atoms with Gasteiger partial charge in [-0.3, -0.25) is 14.4 Å². The summed E-state index contributed by atoms with van der Waals surface area (Å²) in [6.07, 6.45) is 0. The average Bonchev–Trinajstić information content (AvgIpc) is 2.76. The van der Waals surface area contributed by atoms with Crippen LogP contribution >= 0.6 is 0 Å². The van der Waals surface area contributed by atoms with Crippen LogP contribution in [0.3, 0.4) is 0 Å². The summed E-state index contributed by atoms with van der Waals surface area (Å²) >= 11 is 0. The van der Waals surface area contributed by atoms with Gasteiger partial charge in [-0.15, -0.1) is 0 Å². The van der Waals surface area contributed by atoms with Crippen LogP contribution < -0.4 is 20.3 Å². The standard InChI is InChI=1S/C23H28N4O4/c1-3-31-19-10-8-18(9-11-19)24-23(30)20-6-4-5-7-21(20)25-22(29)16-26-12-14-27(15-13-26)17(2)28/h4-11H,3,12-16H2,1-2H3,(H,24,30)(H,25,29)/p+1. The number of ether oxygens (including phenoxy) is 1. The highest BCUT2D eigenvalue weighted by Gasteiger charge is 2.24. The molecule has 31 heavy (non-hydrogen) atoms. The lowest BCUT2D eigenvalue weighted by molar-refractivity contribution is -0.895. The maximum Gasteiger partial charge on any atom is 0.279 e. The summed E-state index contributed by atoms with van der Waals surface area (Å²) in [6.45, 7) is 7.10. The summed E-state index contributed by atoms with van der Waals surface area (Å²) in [7, 11) is 0. The molecule has 1 saturated heterocycles. The van der Waals surface area contributed by atoms with Gasteiger partial charge in [-0.1, -0.05) is 12.1 Å². The molecular formula is C23H29N4O4+. The number of carbonyl (C=O) groups is 3. The van der Waals surface area contributed by atoms with Crippen LogP contribution in [0.15, 0.2) is 48.5 Å².